The van der Waals surface area contributed by atoms with Crippen molar-refractivity contribution in [2.45, 2.75) is 64.5 Å². The topological polar surface area (TPSA) is 32.3 Å². The molecular weight excluding hydrogens is 212 g/mol. The lowest BCUT2D eigenvalue weighted by Gasteiger charge is -2.34. The van der Waals surface area contributed by atoms with Crippen LogP contribution in [0.1, 0.15) is 52.4 Å². The van der Waals surface area contributed by atoms with Crippen LogP contribution in [0.3, 0.4) is 0 Å². The van der Waals surface area contributed by atoms with E-state index < -0.39 is 0 Å². The fourth-order valence-corrected chi connectivity index (χ4v) is 2.54. The normalized spacial score (nSPS) is 25.0. The Labute approximate surface area is 106 Å². The standard InChI is InChI=1S/C14H28N2O/c1-11(2)5-10-14(17)16(4)13-8-6-12(15-3)7-9-13/h11-13,15H,5-10H2,1-4H3. The summed E-state index contributed by atoms with van der Waals surface area (Å²) in [5.74, 6) is 0.944. The van der Waals surface area contributed by atoms with E-state index in [1.54, 1.807) is 0 Å². The maximum absolute atomic E-state index is 12.0. The number of nitrogens with one attached hydrogen (secondary N) is 1. The third-order valence-electron chi connectivity index (χ3n) is 3.98. The van der Waals surface area contributed by atoms with Crippen molar-refractivity contribution in [3.63, 3.8) is 0 Å². The van der Waals surface area contributed by atoms with E-state index in [2.05, 4.69) is 19.2 Å². The monoisotopic (exact) mass is 240 g/mol. The minimum atomic E-state index is 0.326. The fraction of sp³-hybridized carbons (Fsp3) is 0.929. The van der Waals surface area contributed by atoms with Gasteiger partial charge in [-0.3, -0.25) is 4.79 Å². The summed E-state index contributed by atoms with van der Waals surface area (Å²) >= 11 is 0. The largest absolute Gasteiger partial charge is 0.343 e. The summed E-state index contributed by atoms with van der Waals surface area (Å²) in [5, 5.41) is 3.33. The van der Waals surface area contributed by atoms with Gasteiger partial charge in [0.2, 0.25) is 5.91 Å². The molecule has 0 radical (unpaired) electrons. The highest BCUT2D eigenvalue weighted by Gasteiger charge is 2.25. The number of rotatable bonds is 5. The predicted octanol–water partition coefficient (Wildman–Crippen LogP) is 2.41. The van der Waals surface area contributed by atoms with E-state index >= 15 is 0 Å². The average Bonchev–Trinajstić information content (AvgIpc) is 2.35. The number of nitrogens with zero attached hydrogens (tertiary/aromatic N) is 1. The Hall–Kier alpha value is -0.570. The van der Waals surface area contributed by atoms with Gasteiger partial charge in [0, 0.05) is 25.6 Å². The molecule has 0 bridgehead atoms. The van der Waals surface area contributed by atoms with E-state index in [0.29, 0.717) is 30.3 Å². The van der Waals surface area contributed by atoms with Crippen molar-refractivity contribution in [2.24, 2.45) is 5.92 Å². The van der Waals surface area contributed by atoms with E-state index in [9.17, 15) is 4.79 Å². The summed E-state index contributed by atoms with van der Waals surface area (Å²) in [7, 11) is 4.01. The van der Waals surface area contributed by atoms with Crippen LogP contribution in [0, 0.1) is 5.92 Å². The van der Waals surface area contributed by atoms with Gasteiger partial charge in [-0.2, -0.15) is 0 Å². The molecule has 3 nitrogen and oxygen atoms in total. The molecule has 1 N–H and O–H groups in total. The molecule has 0 atom stereocenters. The van der Waals surface area contributed by atoms with E-state index in [0.717, 1.165) is 19.3 Å². The van der Waals surface area contributed by atoms with Gasteiger partial charge in [0.15, 0.2) is 0 Å². The van der Waals surface area contributed by atoms with E-state index in [4.69, 9.17) is 0 Å². The van der Waals surface area contributed by atoms with Gasteiger partial charge in [0.05, 0.1) is 0 Å². The Morgan fingerprint density at radius 1 is 1.29 bits per heavy atom. The summed E-state index contributed by atoms with van der Waals surface area (Å²) in [6.07, 6.45) is 6.41. The third kappa shape index (κ3) is 4.66. The third-order valence-corrected chi connectivity index (χ3v) is 3.98. The van der Waals surface area contributed by atoms with Crippen molar-refractivity contribution in [2.75, 3.05) is 14.1 Å². The first-order valence-electron chi connectivity index (χ1n) is 6.97. The Bertz CT molecular complexity index is 232. The SMILES string of the molecule is CNC1CCC(N(C)C(=O)CCC(C)C)CC1. The fourth-order valence-electron chi connectivity index (χ4n) is 2.54. The number of carbonyl (C=O) groups is 1. The molecule has 17 heavy (non-hydrogen) atoms. The highest BCUT2D eigenvalue weighted by molar-refractivity contribution is 5.76. The zero-order valence-corrected chi connectivity index (χ0v) is 11.8. The van der Waals surface area contributed by atoms with E-state index in [-0.39, 0.29) is 0 Å². The molecule has 1 aliphatic carbocycles. The summed E-state index contributed by atoms with van der Waals surface area (Å²) in [4.78, 5) is 14.0. The van der Waals surface area contributed by atoms with Gasteiger partial charge in [0.25, 0.3) is 0 Å². The summed E-state index contributed by atoms with van der Waals surface area (Å²) in [5.41, 5.74) is 0. The lowest BCUT2D eigenvalue weighted by Crippen LogP contribution is -2.42. The van der Waals surface area contributed by atoms with E-state index in [1.807, 2.05) is 19.0 Å². The van der Waals surface area contributed by atoms with Crippen LogP contribution in [0.4, 0.5) is 0 Å². The second-order valence-electron chi connectivity index (χ2n) is 5.73. The molecule has 1 saturated carbocycles. The lowest BCUT2D eigenvalue weighted by atomic mass is 9.90. The van der Waals surface area contributed by atoms with Crippen molar-refractivity contribution < 1.29 is 4.79 Å². The zero-order chi connectivity index (χ0) is 12.8. The van der Waals surface area contributed by atoms with Crippen molar-refractivity contribution >= 4 is 5.91 Å². The van der Waals surface area contributed by atoms with Gasteiger partial charge < -0.3 is 10.2 Å². The highest BCUT2D eigenvalue weighted by Crippen LogP contribution is 2.23. The molecule has 1 amide bonds. The van der Waals surface area contributed by atoms with Crippen molar-refractivity contribution in [1.82, 2.24) is 10.2 Å². The molecule has 0 spiro atoms. The molecular formula is C14H28N2O. The number of hydrogen-bond donors (Lipinski definition) is 1. The summed E-state index contributed by atoms with van der Waals surface area (Å²) in [6, 6.07) is 1.13. The molecule has 0 aromatic heterocycles. The van der Waals surface area contributed by atoms with Crippen LogP contribution in [-0.2, 0) is 4.79 Å². The zero-order valence-electron chi connectivity index (χ0n) is 11.8. The second-order valence-corrected chi connectivity index (χ2v) is 5.73. The molecule has 0 aliphatic heterocycles. The van der Waals surface area contributed by atoms with Crippen LogP contribution in [0.5, 0.6) is 0 Å². The van der Waals surface area contributed by atoms with Crippen LogP contribution in [-0.4, -0.2) is 37.0 Å². The molecule has 0 saturated heterocycles. The quantitative estimate of drug-likeness (QED) is 0.800. The van der Waals surface area contributed by atoms with Crippen LogP contribution >= 0.6 is 0 Å². The van der Waals surface area contributed by atoms with Gasteiger partial charge in [-0.05, 0) is 45.1 Å². The molecule has 0 heterocycles. The highest BCUT2D eigenvalue weighted by atomic mass is 16.2. The van der Waals surface area contributed by atoms with Crippen molar-refractivity contribution in [3.05, 3.63) is 0 Å². The molecule has 3 heteroatoms. The first-order chi connectivity index (χ1) is 8.04. The maximum atomic E-state index is 12.0. The number of amides is 1. The maximum Gasteiger partial charge on any atom is 0.222 e. The Morgan fingerprint density at radius 3 is 2.35 bits per heavy atom. The first kappa shape index (κ1) is 14.5. The lowest BCUT2D eigenvalue weighted by molar-refractivity contribution is -0.132. The molecule has 0 aromatic carbocycles. The van der Waals surface area contributed by atoms with Gasteiger partial charge in [-0.15, -0.1) is 0 Å². The smallest absolute Gasteiger partial charge is 0.222 e. The van der Waals surface area contributed by atoms with Gasteiger partial charge >= 0.3 is 0 Å². The Morgan fingerprint density at radius 2 is 1.88 bits per heavy atom. The first-order valence-corrected chi connectivity index (χ1v) is 6.97. The molecule has 0 unspecified atom stereocenters. The van der Waals surface area contributed by atoms with E-state index in [1.165, 1.54) is 12.8 Å². The number of hydrogen-bond acceptors (Lipinski definition) is 2. The molecule has 1 aliphatic rings. The number of carbonyl (C=O) groups excluding carboxylic acids is 1. The minimum absolute atomic E-state index is 0.326. The molecule has 100 valence electrons. The minimum Gasteiger partial charge on any atom is -0.343 e. The van der Waals surface area contributed by atoms with Crippen LogP contribution in [0.15, 0.2) is 0 Å². The van der Waals surface area contributed by atoms with Crippen molar-refractivity contribution in [3.8, 4) is 0 Å². The van der Waals surface area contributed by atoms with Crippen LogP contribution in [0.2, 0.25) is 0 Å². The van der Waals surface area contributed by atoms with Crippen LogP contribution < -0.4 is 5.32 Å². The van der Waals surface area contributed by atoms with Gasteiger partial charge in [0.1, 0.15) is 0 Å². The molecule has 1 rings (SSSR count). The Balaban J connectivity index is 2.32. The van der Waals surface area contributed by atoms with Gasteiger partial charge in [-0.1, -0.05) is 13.8 Å². The molecule has 1 fully saturated rings. The summed E-state index contributed by atoms with van der Waals surface area (Å²) in [6.45, 7) is 4.34. The molecule has 0 aromatic rings. The van der Waals surface area contributed by atoms with Gasteiger partial charge in [-0.25, -0.2) is 0 Å². The second kappa shape index (κ2) is 7.00. The summed E-state index contributed by atoms with van der Waals surface area (Å²) < 4.78 is 0. The van der Waals surface area contributed by atoms with Crippen molar-refractivity contribution in [1.29, 1.82) is 0 Å². The van der Waals surface area contributed by atoms with Crippen LogP contribution in [0.25, 0.3) is 0 Å². The Kier molecular flexibility index (Phi) is 5.96. The average molecular weight is 240 g/mol. The predicted molar refractivity (Wildman–Crippen MR) is 71.9 cm³/mol.